The number of ketones is 1. The van der Waals surface area contributed by atoms with Gasteiger partial charge in [0.2, 0.25) is 0 Å². The first-order valence-corrected chi connectivity index (χ1v) is 10.4. The molecule has 3 nitrogen and oxygen atoms in total. The smallest absolute Gasteiger partial charge is 0.309 e. The second kappa shape index (κ2) is 10.2. The molecule has 0 aromatic rings. The Kier molecular flexibility index (Phi) is 8.28. The third-order valence-corrected chi connectivity index (χ3v) is 6.07. The number of carbonyl (C=O) groups excluding carboxylic acids is 2. The summed E-state index contributed by atoms with van der Waals surface area (Å²) in [4.78, 5) is 24.5. The van der Waals surface area contributed by atoms with E-state index in [9.17, 15) is 9.59 Å². The summed E-state index contributed by atoms with van der Waals surface area (Å²) in [5, 5.41) is 0. The van der Waals surface area contributed by atoms with E-state index < -0.39 is 0 Å². The van der Waals surface area contributed by atoms with Crippen molar-refractivity contribution in [3.8, 4) is 0 Å². The minimum absolute atomic E-state index is 0.00778. The summed E-state index contributed by atoms with van der Waals surface area (Å²) in [7, 11) is 0. The fraction of sp³-hybridized carbons (Fsp3) is 0.905. The lowest BCUT2D eigenvalue weighted by Gasteiger charge is -2.31. The Hall–Kier alpha value is -0.860. The molecular formula is C21H36O3. The molecule has 0 amide bonds. The van der Waals surface area contributed by atoms with E-state index in [2.05, 4.69) is 13.8 Å². The molecule has 0 heterocycles. The van der Waals surface area contributed by atoms with Crippen molar-refractivity contribution in [2.75, 3.05) is 0 Å². The molecule has 0 aliphatic heterocycles. The molecule has 2 aliphatic carbocycles. The van der Waals surface area contributed by atoms with Crippen LogP contribution in [-0.2, 0) is 14.3 Å². The molecule has 3 heteroatoms. The van der Waals surface area contributed by atoms with Gasteiger partial charge in [-0.1, -0.05) is 33.1 Å². The van der Waals surface area contributed by atoms with E-state index in [0.29, 0.717) is 5.78 Å². The van der Waals surface area contributed by atoms with E-state index in [1.165, 1.54) is 25.7 Å². The highest BCUT2D eigenvalue weighted by Gasteiger charge is 2.32. The molecule has 0 unspecified atom stereocenters. The second-order valence-corrected chi connectivity index (χ2v) is 7.99. The first-order chi connectivity index (χ1) is 11.6. The molecule has 0 saturated heterocycles. The van der Waals surface area contributed by atoms with Crippen molar-refractivity contribution >= 4 is 11.8 Å². The molecule has 2 fully saturated rings. The Morgan fingerprint density at radius 1 is 0.833 bits per heavy atom. The lowest BCUT2D eigenvalue weighted by atomic mass is 9.79. The Balaban J connectivity index is 1.67. The summed E-state index contributed by atoms with van der Waals surface area (Å²) < 4.78 is 5.79. The predicted molar refractivity (Wildman–Crippen MR) is 96.7 cm³/mol. The van der Waals surface area contributed by atoms with Crippen LogP contribution in [0.4, 0.5) is 0 Å². The molecule has 0 bridgehead atoms. The quantitative estimate of drug-likeness (QED) is 0.553. The second-order valence-electron chi connectivity index (χ2n) is 7.99. The average Bonchev–Trinajstić information content (AvgIpc) is 2.61. The third kappa shape index (κ3) is 5.89. The van der Waals surface area contributed by atoms with Gasteiger partial charge in [-0.25, -0.2) is 0 Å². The first-order valence-electron chi connectivity index (χ1n) is 10.4. The van der Waals surface area contributed by atoms with Crippen LogP contribution in [0.15, 0.2) is 0 Å². The normalized spacial score (nSPS) is 30.8. The zero-order valence-electron chi connectivity index (χ0n) is 15.7. The van der Waals surface area contributed by atoms with Gasteiger partial charge in [-0.15, -0.1) is 0 Å². The minimum Gasteiger partial charge on any atom is -0.462 e. The summed E-state index contributed by atoms with van der Waals surface area (Å²) in [6.45, 7) is 4.37. The summed E-state index contributed by atoms with van der Waals surface area (Å²) >= 11 is 0. The van der Waals surface area contributed by atoms with Gasteiger partial charge in [0.1, 0.15) is 11.9 Å². The fourth-order valence-corrected chi connectivity index (χ4v) is 4.41. The molecule has 2 saturated carbocycles. The number of esters is 1. The van der Waals surface area contributed by atoms with Crippen LogP contribution < -0.4 is 0 Å². The molecular weight excluding hydrogens is 300 g/mol. The molecule has 0 N–H and O–H groups in total. The Bertz CT molecular complexity index is 388. The van der Waals surface area contributed by atoms with Crippen molar-refractivity contribution in [3.05, 3.63) is 0 Å². The lowest BCUT2D eigenvalue weighted by molar-refractivity contribution is -0.158. The van der Waals surface area contributed by atoms with Crippen LogP contribution in [0, 0.1) is 17.8 Å². The molecule has 0 aromatic heterocycles. The van der Waals surface area contributed by atoms with Gasteiger partial charge >= 0.3 is 5.97 Å². The first kappa shape index (κ1) is 19.5. The maximum Gasteiger partial charge on any atom is 0.309 e. The lowest BCUT2D eigenvalue weighted by Crippen LogP contribution is -2.31. The van der Waals surface area contributed by atoms with E-state index in [0.717, 1.165) is 63.7 Å². The zero-order valence-corrected chi connectivity index (χ0v) is 15.7. The number of ether oxygens (including phenoxy) is 1. The number of hydrogen-bond acceptors (Lipinski definition) is 3. The maximum atomic E-state index is 12.4. The van der Waals surface area contributed by atoms with Crippen LogP contribution >= 0.6 is 0 Å². The van der Waals surface area contributed by atoms with Gasteiger partial charge in [0, 0.05) is 12.3 Å². The minimum atomic E-state index is 0.00778. The summed E-state index contributed by atoms with van der Waals surface area (Å²) in [6, 6.07) is 0. The van der Waals surface area contributed by atoms with Crippen LogP contribution in [0.3, 0.4) is 0 Å². The molecule has 0 atom stereocenters. The largest absolute Gasteiger partial charge is 0.462 e. The van der Waals surface area contributed by atoms with Crippen LogP contribution in [-0.4, -0.2) is 17.9 Å². The third-order valence-electron chi connectivity index (χ3n) is 6.07. The van der Waals surface area contributed by atoms with Gasteiger partial charge in [0.05, 0.1) is 5.92 Å². The Morgan fingerprint density at radius 3 is 2.04 bits per heavy atom. The molecule has 24 heavy (non-hydrogen) atoms. The summed E-state index contributed by atoms with van der Waals surface area (Å²) in [5.74, 6) is 1.50. The summed E-state index contributed by atoms with van der Waals surface area (Å²) in [5.41, 5.74) is 0. The van der Waals surface area contributed by atoms with Crippen molar-refractivity contribution in [1.29, 1.82) is 0 Å². The van der Waals surface area contributed by atoms with Crippen molar-refractivity contribution in [1.82, 2.24) is 0 Å². The monoisotopic (exact) mass is 336 g/mol. The molecule has 0 aromatic carbocycles. The van der Waals surface area contributed by atoms with E-state index in [1.54, 1.807) is 0 Å². The van der Waals surface area contributed by atoms with Gasteiger partial charge in [0.25, 0.3) is 0 Å². The summed E-state index contributed by atoms with van der Waals surface area (Å²) in [6.07, 6.45) is 13.5. The molecule has 0 spiro atoms. The fourth-order valence-electron chi connectivity index (χ4n) is 4.41. The average molecular weight is 337 g/mol. The van der Waals surface area contributed by atoms with E-state index >= 15 is 0 Å². The number of carbonyl (C=O) groups is 2. The number of hydrogen-bond donors (Lipinski definition) is 0. The highest BCUT2D eigenvalue weighted by Crippen LogP contribution is 2.33. The SMILES string of the molecule is CCCCC(=O)C1CCC(C(=O)OC2CCC(CCC)CC2)CC1. The van der Waals surface area contributed by atoms with Crippen LogP contribution in [0.2, 0.25) is 0 Å². The maximum absolute atomic E-state index is 12.4. The zero-order chi connectivity index (χ0) is 17.4. The Morgan fingerprint density at radius 2 is 1.46 bits per heavy atom. The standard InChI is InChI=1S/C21H36O3/c1-3-5-7-20(22)17-10-12-18(13-11-17)21(23)24-19-14-8-16(6-4-2)9-15-19/h16-19H,3-15H2,1-2H3. The van der Waals surface area contributed by atoms with Crippen molar-refractivity contribution in [3.63, 3.8) is 0 Å². The topological polar surface area (TPSA) is 43.4 Å². The van der Waals surface area contributed by atoms with Gasteiger partial charge in [-0.3, -0.25) is 9.59 Å². The van der Waals surface area contributed by atoms with E-state index in [-0.39, 0.29) is 23.9 Å². The predicted octanol–water partition coefficient (Wildman–Crippen LogP) is 5.45. The Labute approximate surface area is 147 Å². The highest BCUT2D eigenvalue weighted by molar-refractivity contribution is 5.81. The number of Topliss-reactive ketones (excluding diaryl/α,β-unsaturated/α-hetero) is 1. The molecule has 2 aliphatic rings. The van der Waals surface area contributed by atoms with Crippen LogP contribution in [0.5, 0.6) is 0 Å². The van der Waals surface area contributed by atoms with Gasteiger partial charge in [0.15, 0.2) is 0 Å². The van der Waals surface area contributed by atoms with E-state index in [4.69, 9.17) is 4.74 Å². The van der Waals surface area contributed by atoms with E-state index in [1.807, 2.05) is 0 Å². The van der Waals surface area contributed by atoms with Crippen molar-refractivity contribution in [2.45, 2.75) is 103 Å². The molecule has 0 radical (unpaired) electrons. The molecule has 138 valence electrons. The van der Waals surface area contributed by atoms with Gasteiger partial charge in [-0.05, 0) is 63.7 Å². The number of unbranched alkanes of at least 4 members (excludes halogenated alkanes) is 1. The number of rotatable bonds is 8. The van der Waals surface area contributed by atoms with Gasteiger partial charge in [-0.2, -0.15) is 0 Å². The van der Waals surface area contributed by atoms with Gasteiger partial charge < -0.3 is 4.74 Å². The van der Waals surface area contributed by atoms with Crippen molar-refractivity contribution < 1.29 is 14.3 Å². The van der Waals surface area contributed by atoms with Crippen LogP contribution in [0.1, 0.15) is 97.3 Å². The highest BCUT2D eigenvalue weighted by atomic mass is 16.5. The van der Waals surface area contributed by atoms with Crippen LogP contribution in [0.25, 0.3) is 0 Å². The molecule has 2 rings (SSSR count). The van der Waals surface area contributed by atoms with Crippen molar-refractivity contribution in [2.24, 2.45) is 17.8 Å².